The molecule has 292 valence electrons. The van der Waals surface area contributed by atoms with E-state index in [1.54, 1.807) is 19.1 Å². The molecule has 3 N–H and O–H groups in total. The van der Waals surface area contributed by atoms with Crippen LogP contribution in [0.3, 0.4) is 0 Å². The quantitative estimate of drug-likeness (QED) is 0.0706. The molecule has 0 bridgehead atoms. The van der Waals surface area contributed by atoms with E-state index in [0.717, 1.165) is 6.42 Å². The molecule has 0 fully saturated rings. The predicted octanol–water partition coefficient (Wildman–Crippen LogP) is -1.17. The number of carbonyl (C=O) groups is 3. The fourth-order valence-corrected chi connectivity index (χ4v) is 5.07. The number of unbranched alkanes of at least 4 members (excludes halogenated alkanes) is 1. The van der Waals surface area contributed by atoms with E-state index >= 15 is 0 Å². The summed E-state index contributed by atoms with van der Waals surface area (Å²) >= 11 is 0. The third-order valence-electron chi connectivity index (χ3n) is 4.88. The zero-order chi connectivity index (χ0) is 37.1. The minimum atomic E-state index is -4.45. The van der Waals surface area contributed by atoms with Gasteiger partial charge in [0.05, 0.1) is 33.6 Å². The SMILES string of the molecule is C.C.C.CC(=O)c1ccccc1S(=O)(=O)O.CCCCOS(=O)(=O)[O-].CCNC(=O)c1ccccc1C(=O)O.C[Si](C)(C)OCCS(=O)(=O)[O-].[Na+].[Na+]. The normalized spacial score (nSPS) is 10.2. The van der Waals surface area contributed by atoms with Gasteiger partial charge in [-0.15, -0.1) is 0 Å². The first-order valence-electron chi connectivity index (χ1n) is 13.7. The van der Waals surface area contributed by atoms with Crippen molar-refractivity contribution in [2.45, 2.75) is 80.4 Å². The maximum absolute atomic E-state index is 11.4. The van der Waals surface area contributed by atoms with Crippen LogP contribution in [-0.2, 0) is 39.2 Å². The Hall–Kier alpha value is -1.08. The zero-order valence-electron chi connectivity index (χ0n) is 28.8. The van der Waals surface area contributed by atoms with Crippen LogP contribution in [0.15, 0.2) is 53.4 Å². The van der Waals surface area contributed by atoms with E-state index in [4.69, 9.17) is 14.1 Å². The summed E-state index contributed by atoms with van der Waals surface area (Å²) in [5, 5.41) is 11.4. The Labute approximate surface area is 356 Å². The number of ketones is 1. The molecule has 0 atom stereocenters. The maximum Gasteiger partial charge on any atom is 1.00 e. The van der Waals surface area contributed by atoms with Gasteiger partial charge in [-0.1, -0.05) is 66.0 Å². The molecule has 2 aromatic rings. The summed E-state index contributed by atoms with van der Waals surface area (Å²) in [4.78, 5) is 32.7. The Morgan fingerprint density at radius 3 is 1.56 bits per heavy atom. The molecule has 0 spiro atoms. The number of carboxylic acid groups (broad SMARTS) is 1. The van der Waals surface area contributed by atoms with Crippen molar-refractivity contribution < 1.29 is 126 Å². The van der Waals surface area contributed by atoms with Gasteiger partial charge in [0, 0.05) is 18.7 Å². The number of benzene rings is 2. The van der Waals surface area contributed by atoms with Crippen molar-refractivity contribution in [1.29, 1.82) is 0 Å². The number of hydrogen-bond donors (Lipinski definition) is 3. The summed E-state index contributed by atoms with van der Waals surface area (Å²) in [6.07, 6.45) is 1.41. The molecule has 0 aromatic heterocycles. The summed E-state index contributed by atoms with van der Waals surface area (Å²) in [7, 11) is -14.5. The van der Waals surface area contributed by atoms with Gasteiger partial charge in [0.25, 0.3) is 16.0 Å². The molecule has 22 heteroatoms. The molecule has 0 saturated heterocycles. The standard InChI is InChI=1S/C10H11NO3.C8H8O4S.C5H14O4SSi.C4H10O4S.3CH4.2Na/c1-2-11-9(12)7-5-3-4-6-8(7)10(13)14;1-6(9)7-4-2-3-5-8(7)13(10,11)12;1-11(2,3)9-4-5-10(6,7)8;1-2-3-4-8-9(5,6)7;;;;;/h3-6H,2H2,1H3,(H,11,12)(H,13,14);2-5H,1H3,(H,10,11,12);4-5H2,1-3H3,(H,6,7,8);2-4H2,1H3,(H,5,6,7);3*1H4;;/q;;;;;;;2*+1/p-2. The third kappa shape index (κ3) is 35.9. The molecule has 0 heterocycles. The van der Waals surface area contributed by atoms with E-state index in [1.165, 1.54) is 43.3 Å². The second kappa shape index (κ2) is 32.2. The van der Waals surface area contributed by atoms with Crippen LogP contribution in [0.25, 0.3) is 0 Å². The molecule has 0 radical (unpaired) electrons. The number of amides is 1. The van der Waals surface area contributed by atoms with Crippen molar-refractivity contribution in [3.05, 3.63) is 65.2 Å². The summed E-state index contributed by atoms with van der Waals surface area (Å²) in [6, 6.07) is 11.6. The Morgan fingerprint density at radius 2 is 1.23 bits per heavy atom. The van der Waals surface area contributed by atoms with Crippen molar-refractivity contribution in [1.82, 2.24) is 5.32 Å². The third-order valence-corrected chi connectivity index (χ3v) is 7.98. The van der Waals surface area contributed by atoms with Gasteiger partial charge in [0.15, 0.2) is 14.1 Å². The maximum atomic E-state index is 11.4. The van der Waals surface area contributed by atoms with Gasteiger partial charge < -0.3 is 24.0 Å². The molecule has 0 aliphatic rings. The van der Waals surface area contributed by atoms with Crippen LogP contribution < -0.4 is 64.4 Å². The predicted molar refractivity (Wildman–Crippen MR) is 192 cm³/mol. The van der Waals surface area contributed by atoms with E-state index in [9.17, 15) is 48.7 Å². The molecular formula is C30H53NNa2O15S3Si. The van der Waals surface area contributed by atoms with Crippen molar-refractivity contribution >= 4 is 56.6 Å². The number of rotatable bonds is 13. The van der Waals surface area contributed by atoms with Crippen LogP contribution in [0.4, 0.5) is 0 Å². The largest absolute Gasteiger partial charge is 1.00 e. The number of Topliss-reactive ketones (excluding diaryl/α,β-unsaturated/α-hetero) is 1. The van der Waals surface area contributed by atoms with Gasteiger partial charge >= 0.3 is 65.1 Å². The van der Waals surface area contributed by atoms with E-state index in [1.807, 2.05) is 26.6 Å². The van der Waals surface area contributed by atoms with Crippen molar-refractivity contribution in [2.75, 3.05) is 25.5 Å². The number of aromatic carboxylic acids is 1. The van der Waals surface area contributed by atoms with Gasteiger partial charge in [0.1, 0.15) is 4.90 Å². The second-order valence-electron chi connectivity index (χ2n) is 10.0. The van der Waals surface area contributed by atoms with Crippen LogP contribution in [0, 0.1) is 0 Å². The second-order valence-corrected chi connectivity index (χ2v) is 18.5. The van der Waals surface area contributed by atoms with E-state index in [-0.39, 0.29) is 122 Å². The summed E-state index contributed by atoms with van der Waals surface area (Å²) in [5.74, 6) is -2.26. The topological polar surface area (TPSA) is 271 Å². The molecule has 2 rings (SSSR count). The first kappa shape index (κ1) is 65.8. The van der Waals surface area contributed by atoms with E-state index < -0.39 is 56.5 Å². The Morgan fingerprint density at radius 1 is 0.788 bits per heavy atom. The van der Waals surface area contributed by atoms with Crippen molar-refractivity contribution in [2.24, 2.45) is 0 Å². The molecular weight excluding hydrogens is 785 g/mol. The molecule has 0 aliphatic carbocycles. The summed E-state index contributed by atoms with van der Waals surface area (Å²) in [6.45, 7) is 11.2. The average Bonchev–Trinajstić information content (AvgIpc) is 2.92. The molecule has 0 aliphatic heterocycles. The first-order valence-corrected chi connectivity index (χ1v) is 21.5. The van der Waals surface area contributed by atoms with Gasteiger partial charge in [-0.3, -0.25) is 18.3 Å². The molecule has 52 heavy (non-hydrogen) atoms. The summed E-state index contributed by atoms with van der Waals surface area (Å²) in [5.41, 5.74) is 0.227. The molecule has 16 nitrogen and oxygen atoms in total. The Balaban J connectivity index is -0.000000102. The van der Waals surface area contributed by atoms with Gasteiger partial charge in [0.2, 0.25) is 10.4 Å². The first-order chi connectivity index (χ1) is 21.4. The molecule has 1 amide bonds. The van der Waals surface area contributed by atoms with E-state index in [0.29, 0.717) is 13.0 Å². The minimum absolute atomic E-state index is 0. The van der Waals surface area contributed by atoms with E-state index in [2.05, 4.69) is 9.50 Å². The number of carbonyl (C=O) groups excluding carboxylic acids is 2. The number of carboxylic acids is 1. The average molecular weight is 838 g/mol. The van der Waals surface area contributed by atoms with Crippen LogP contribution in [0.2, 0.25) is 19.6 Å². The fourth-order valence-electron chi connectivity index (χ4n) is 2.86. The Kier molecular flexibility index (Phi) is 40.7. The summed E-state index contributed by atoms with van der Waals surface area (Å²) < 4.78 is 98.8. The number of nitrogens with one attached hydrogen (secondary N) is 1. The Bertz CT molecular complexity index is 1630. The van der Waals surface area contributed by atoms with Crippen LogP contribution in [0.5, 0.6) is 0 Å². The molecule has 2 aromatic carbocycles. The van der Waals surface area contributed by atoms with Gasteiger partial charge in [-0.05, 0) is 58.1 Å². The molecule has 0 saturated carbocycles. The zero-order valence-corrected chi connectivity index (χ0v) is 36.2. The van der Waals surface area contributed by atoms with Crippen LogP contribution in [0.1, 0.15) is 87.0 Å². The smallest absolute Gasteiger partial charge is 0.748 e. The van der Waals surface area contributed by atoms with Crippen molar-refractivity contribution in [3.63, 3.8) is 0 Å². The van der Waals surface area contributed by atoms with Crippen LogP contribution in [-0.4, -0.2) is 95.5 Å². The van der Waals surface area contributed by atoms with Gasteiger partial charge in [-0.25, -0.2) is 21.6 Å². The van der Waals surface area contributed by atoms with Gasteiger partial charge in [-0.2, -0.15) is 8.42 Å². The minimum Gasteiger partial charge on any atom is -0.748 e. The monoisotopic (exact) mass is 837 g/mol. The number of hydrogen-bond acceptors (Lipinski definition) is 13. The fraction of sp³-hybridized carbons (Fsp3) is 0.500. The van der Waals surface area contributed by atoms with Crippen LogP contribution >= 0.6 is 0 Å². The molecule has 0 unspecified atom stereocenters. The van der Waals surface area contributed by atoms with Crippen molar-refractivity contribution in [3.8, 4) is 0 Å².